The van der Waals surface area contributed by atoms with Crippen molar-refractivity contribution in [2.45, 2.75) is 24.7 Å². The highest BCUT2D eigenvalue weighted by Crippen LogP contribution is 2.51. The lowest BCUT2D eigenvalue weighted by Crippen LogP contribution is -2.40. The molecule has 1 aromatic rings. The number of amides is 1. The van der Waals surface area contributed by atoms with Crippen LogP contribution in [0.1, 0.15) is 24.8 Å². The fourth-order valence-electron chi connectivity index (χ4n) is 2.43. The van der Waals surface area contributed by atoms with E-state index in [0.29, 0.717) is 0 Å². The zero-order chi connectivity index (χ0) is 9.76. The van der Waals surface area contributed by atoms with Crippen LogP contribution in [0.15, 0.2) is 22.7 Å². The standard InChI is InChI=1S/C11H10BrNO/c12-7-2-3-8-9(6-7)13-10(14)11(8)4-1-5-11/h2-3,6H,1,4-5H2,(H,13,14). The predicted octanol–water partition coefficient (Wildman–Crippen LogP) is 2.82. The van der Waals surface area contributed by atoms with Gasteiger partial charge < -0.3 is 5.32 Å². The Morgan fingerprint density at radius 2 is 2.14 bits per heavy atom. The topological polar surface area (TPSA) is 29.1 Å². The van der Waals surface area contributed by atoms with Gasteiger partial charge in [0, 0.05) is 10.2 Å². The molecule has 1 N–H and O–H groups in total. The number of rotatable bonds is 0. The lowest BCUT2D eigenvalue weighted by molar-refractivity contribution is -0.123. The summed E-state index contributed by atoms with van der Waals surface area (Å²) in [6.45, 7) is 0. The number of nitrogens with one attached hydrogen (secondary N) is 1. The summed E-state index contributed by atoms with van der Waals surface area (Å²) in [5, 5.41) is 2.96. The zero-order valence-electron chi connectivity index (χ0n) is 7.64. The van der Waals surface area contributed by atoms with Crippen molar-refractivity contribution in [3.8, 4) is 0 Å². The molecule has 0 aromatic heterocycles. The number of carbonyl (C=O) groups excluding carboxylic acids is 1. The number of anilines is 1. The lowest BCUT2D eigenvalue weighted by Gasteiger charge is -2.36. The van der Waals surface area contributed by atoms with Gasteiger partial charge in [0.1, 0.15) is 0 Å². The van der Waals surface area contributed by atoms with Crippen LogP contribution in [0.3, 0.4) is 0 Å². The first-order valence-electron chi connectivity index (χ1n) is 4.84. The molecule has 0 unspecified atom stereocenters. The Morgan fingerprint density at radius 3 is 2.79 bits per heavy atom. The van der Waals surface area contributed by atoms with Crippen LogP contribution >= 0.6 is 15.9 Å². The predicted molar refractivity (Wildman–Crippen MR) is 58.3 cm³/mol. The Hall–Kier alpha value is -0.830. The van der Waals surface area contributed by atoms with Crippen molar-refractivity contribution in [1.82, 2.24) is 0 Å². The molecule has 0 atom stereocenters. The van der Waals surface area contributed by atoms with Crippen LogP contribution < -0.4 is 5.32 Å². The molecule has 1 fully saturated rings. The minimum atomic E-state index is -0.171. The van der Waals surface area contributed by atoms with Crippen molar-refractivity contribution in [2.75, 3.05) is 5.32 Å². The lowest BCUT2D eigenvalue weighted by atomic mass is 9.65. The molecule has 3 heteroatoms. The van der Waals surface area contributed by atoms with Gasteiger partial charge in [-0.15, -0.1) is 0 Å². The monoisotopic (exact) mass is 251 g/mol. The summed E-state index contributed by atoms with van der Waals surface area (Å²) in [5.74, 6) is 0.192. The average molecular weight is 252 g/mol. The number of carbonyl (C=O) groups is 1. The molecule has 72 valence electrons. The van der Waals surface area contributed by atoms with Gasteiger partial charge in [-0.3, -0.25) is 4.79 Å². The van der Waals surface area contributed by atoms with Crippen LogP contribution in [-0.2, 0) is 10.2 Å². The fraction of sp³-hybridized carbons (Fsp3) is 0.364. The third-order valence-corrected chi connectivity index (χ3v) is 3.88. The summed E-state index contributed by atoms with van der Waals surface area (Å²) >= 11 is 3.41. The molecule has 2 aliphatic rings. The number of hydrogen-bond donors (Lipinski definition) is 1. The second kappa shape index (κ2) is 2.60. The van der Waals surface area contributed by atoms with Crippen molar-refractivity contribution in [1.29, 1.82) is 0 Å². The zero-order valence-corrected chi connectivity index (χ0v) is 9.23. The molecular weight excluding hydrogens is 242 g/mol. The van der Waals surface area contributed by atoms with E-state index in [0.717, 1.165) is 23.0 Å². The van der Waals surface area contributed by atoms with E-state index in [1.54, 1.807) is 0 Å². The molecular formula is C11H10BrNO. The largest absolute Gasteiger partial charge is 0.325 e. The van der Waals surface area contributed by atoms with E-state index in [9.17, 15) is 4.79 Å². The van der Waals surface area contributed by atoms with Gasteiger partial charge in [0.05, 0.1) is 5.41 Å². The molecule has 14 heavy (non-hydrogen) atoms. The van der Waals surface area contributed by atoms with E-state index in [1.165, 1.54) is 12.0 Å². The van der Waals surface area contributed by atoms with Crippen LogP contribution in [0.5, 0.6) is 0 Å². The first-order valence-corrected chi connectivity index (χ1v) is 5.63. The van der Waals surface area contributed by atoms with Crippen LogP contribution in [0, 0.1) is 0 Å². The normalized spacial score (nSPS) is 21.6. The maximum Gasteiger partial charge on any atom is 0.235 e. The smallest absolute Gasteiger partial charge is 0.235 e. The van der Waals surface area contributed by atoms with E-state index in [2.05, 4.69) is 27.3 Å². The van der Waals surface area contributed by atoms with Gasteiger partial charge in [0.2, 0.25) is 5.91 Å². The van der Waals surface area contributed by atoms with Gasteiger partial charge in [-0.1, -0.05) is 28.4 Å². The average Bonchev–Trinajstić information content (AvgIpc) is 2.34. The minimum Gasteiger partial charge on any atom is -0.325 e. The van der Waals surface area contributed by atoms with E-state index in [4.69, 9.17) is 0 Å². The highest BCUT2D eigenvalue weighted by Gasteiger charge is 2.50. The number of benzene rings is 1. The van der Waals surface area contributed by atoms with E-state index in [1.807, 2.05) is 12.1 Å². The summed E-state index contributed by atoms with van der Waals surface area (Å²) in [6, 6.07) is 6.07. The van der Waals surface area contributed by atoms with Gasteiger partial charge in [-0.05, 0) is 30.5 Å². The molecule has 3 rings (SSSR count). The third-order valence-electron chi connectivity index (χ3n) is 3.39. The summed E-state index contributed by atoms with van der Waals surface area (Å²) in [5.41, 5.74) is 2.01. The van der Waals surface area contributed by atoms with Crippen molar-refractivity contribution in [2.24, 2.45) is 0 Å². The molecule has 1 aliphatic carbocycles. The third kappa shape index (κ3) is 0.883. The minimum absolute atomic E-state index is 0.171. The quantitative estimate of drug-likeness (QED) is 0.755. The molecule has 2 nitrogen and oxygen atoms in total. The molecule has 1 aliphatic heterocycles. The highest BCUT2D eigenvalue weighted by molar-refractivity contribution is 9.10. The second-order valence-electron chi connectivity index (χ2n) is 4.08. The summed E-state index contributed by atoms with van der Waals surface area (Å²) in [7, 11) is 0. The van der Waals surface area contributed by atoms with Gasteiger partial charge in [-0.25, -0.2) is 0 Å². The Labute approximate surface area is 90.8 Å². The van der Waals surface area contributed by atoms with Gasteiger partial charge in [0.15, 0.2) is 0 Å². The molecule has 1 saturated carbocycles. The Bertz CT molecular complexity index is 423. The number of hydrogen-bond acceptors (Lipinski definition) is 1. The van der Waals surface area contributed by atoms with Gasteiger partial charge >= 0.3 is 0 Å². The number of halogens is 1. The van der Waals surface area contributed by atoms with Crippen molar-refractivity contribution in [3.05, 3.63) is 28.2 Å². The molecule has 1 amide bonds. The first-order chi connectivity index (χ1) is 6.72. The molecule has 0 bridgehead atoms. The van der Waals surface area contributed by atoms with E-state index < -0.39 is 0 Å². The maximum atomic E-state index is 11.8. The van der Waals surface area contributed by atoms with Crippen LogP contribution in [0.25, 0.3) is 0 Å². The maximum absolute atomic E-state index is 11.8. The summed E-state index contributed by atoms with van der Waals surface area (Å²) < 4.78 is 1.02. The molecule has 1 heterocycles. The molecule has 1 aromatic carbocycles. The molecule has 0 saturated heterocycles. The van der Waals surface area contributed by atoms with Crippen molar-refractivity contribution < 1.29 is 4.79 Å². The number of fused-ring (bicyclic) bond motifs is 2. The van der Waals surface area contributed by atoms with E-state index >= 15 is 0 Å². The van der Waals surface area contributed by atoms with Gasteiger partial charge in [-0.2, -0.15) is 0 Å². The Kier molecular flexibility index (Phi) is 1.57. The van der Waals surface area contributed by atoms with Crippen molar-refractivity contribution in [3.63, 3.8) is 0 Å². The van der Waals surface area contributed by atoms with Gasteiger partial charge in [0.25, 0.3) is 0 Å². The van der Waals surface area contributed by atoms with E-state index in [-0.39, 0.29) is 11.3 Å². The Balaban J connectivity index is 2.18. The fourth-order valence-corrected chi connectivity index (χ4v) is 2.79. The SMILES string of the molecule is O=C1Nc2cc(Br)ccc2C12CCC2. The van der Waals surface area contributed by atoms with Crippen molar-refractivity contribution >= 4 is 27.5 Å². The second-order valence-corrected chi connectivity index (χ2v) is 5.00. The summed E-state index contributed by atoms with van der Waals surface area (Å²) in [6.07, 6.45) is 3.18. The molecule has 0 radical (unpaired) electrons. The Morgan fingerprint density at radius 1 is 1.36 bits per heavy atom. The van der Waals surface area contributed by atoms with Crippen LogP contribution in [0.4, 0.5) is 5.69 Å². The summed E-state index contributed by atoms with van der Waals surface area (Å²) in [4.78, 5) is 11.8. The van der Waals surface area contributed by atoms with Crippen LogP contribution in [0.2, 0.25) is 0 Å². The first kappa shape index (κ1) is 8.48. The van der Waals surface area contributed by atoms with Crippen LogP contribution in [-0.4, -0.2) is 5.91 Å². The highest BCUT2D eigenvalue weighted by atomic mass is 79.9. The molecule has 1 spiro atoms.